The molecule has 3 aromatic rings. The lowest BCUT2D eigenvalue weighted by Gasteiger charge is -2.24. The third kappa shape index (κ3) is 4.90. The van der Waals surface area contributed by atoms with Gasteiger partial charge >= 0.3 is 0 Å². The number of benzene rings is 2. The predicted octanol–water partition coefficient (Wildman–Crippen LogP) is 3.81. The summed E-state index contributed by atoms with van der Waals surface area (Å²) in [4.78, 5) is 30.6. The molecule has 7 nitrogen and oxygen atoms in total. The number of aromatic nitrogens is 2. The van der Waals surface area contributed by atoms with Gasteiger partial charge in [-0.25, -0.2) is 4.68 Å². The van der Waals surface area contributed by atoms with E-state index in [4.69, 9.17) is 5.26 Å². The number of rotatable bonds is 6. The number of hydrogen-bond donors (Lipinski definition) is 0. The number of unbranched alkanes of at least 4 members (excludes halogenated alkanes) is 2. The predicted molar refractivity (Wildman–Crippen MR) is 129 cm³/mol. The van der Waals surface area contributed by atoms with Crippen LogP contribution in [0.4, 0.5) is 5.69 Å². The van der Waals surface area contributed by atoms with Gasteiger partial charge in [-0.15, -0.1) is 0 Å². The number of nitrogens with zero attached hydrogens (tertiary/aromatic N) is 5. The topological polar surface area (TPSA) is 82.2 Å². The molecule has 0 bridgehead atoms. The second kappa shape index (κ2) is 10.3. The van der Waals surface area contributed by atoms with Crippen LogP contribution in [0.1, 0.15) is 48.7 Å². The fourth-order valence-electron chi connectivity index (χ4n) is 4.33. The molecule has 0 radical (unpaired) electrons. The number of aryl methyl sites for hydroxylation is 1. The summed E-state index contributed by atoms with van der Waals surface area (Å²) in [6, 6.07) is 17.0. The smallest absolute Gasteiger partial charge is 0.275 e. The first-order chi connectivity index (χ1) is 16.1. The quantitative estimate of drug-likeness (QED) is 0.541. The van der Waals surface area contributed by atoms with Crippen molar-refractivity contribution >= 4 is 22.4 Å². The molecular weight excluding hydrogens is 414 g/mol. The summed E-state index contributed by atoms with van der Waals surface area (Å²) in [6.45, 7) is 5.38. The number of anilines is 1. The summed E-state index contributed by atoms with van der Waals surface area (Å²) >= 11 is 0. The minimum absolute atomic E-state index is 0.128. The van der Waals surface area contributed by atoms with Crippen LogP contribution < -0.4 is 10.5 Å². The van der Waals surface area contributed by atoms with Crippen molar-refractivity contribution in [2.75, 3.05) is 31.1 Å². The zero-order valence-electron chi connectivity index (χ0n) is 19.0. The average molecular weight is 444 g/mol. The van der Waals surface area contributed by atoms with E-state index >= 15 is 0 Å². The van der Waals surface area contributed by atoms with Crippen molar-refractivity contribution in [1.82, 2.24) is 14.7 Å². The van der Waals surface area contributed by atoms with Crippen molar-refractivity contribution in [1.29, 1.82) is 5.26 Å². The van der Waals surface area contributed by atoms with Crippen LogP contribution >= 0.6 is 0 Å². The number of nitriles is 1. The Bertz CT molecular complexity index is 1230. The van der Waals surface area contributed by atoms with E-state index in [2.05, 4.69) is 23.0 Å². The van der Waals surface area contributed by atoms with Gasteiger partial charge in [0.2, 0.25) is 0 Å². The van der Waals surface area contributed by atoms with Crippen LogP contribution in [0.25, 0.3) is 10.8 Å². The number of fused-ring (bicyclic) bond motifs is 1. The number of hydrogen-bond acceptors (Lipinski definition) is 5. The molecule has 7 heteroatoms. The largest absolute Gasteiger partial charge is 0.370 e. The molecule has 1 saturated heterocycles. The maximum absolute atomic E-state index is 13.6. The summed E-state index contributed by atoms with van der Waals surface area (Å²) in [5.41, 5.74) is 1.91. The molecule has 1 aliphatic rings. The lowest BCUT2D eigenvalue weighted by molar-refractivity contribution is 0.0760. The van der Waals surface area contributed by atoms with Gasteiger partial charge < -0.3 is 9.80 Å². The molecule has 0 spiro atoms. The van der Waals surface area contributed by atoms with E-state index in [0.29, 0.717) is 48.2 Å². The van der Waals surface area contributed by atoms with Gasteiger partial charge in [0.15, 0.2) is 5.69 Å². The van der Waals surface area contributed by atoms with Crippen LogP contribution in [-0.4, -0.2) is 46.8 Å². The Morgan fingerprint density at radius 3 is 2.48 bits per heavy atom. The Balaban J connectivity index is 1.58. The molecule has 33 heavy (non-hydrogen) atoms. The highest BCUT2D eigenvalue weighted by atomic mass is 16.2. The minimum Gasteiger partial charge on any atom is -0.370 e. The van der Waals surface area contributed by atoms with Crippen LogP contribution in [0.3, 0.4) is 0 Å². The first kappa shape index (κ1) is 22.5. The molecule has 170 valence electrons. The molecule has 4 rings (SSSR count). The highest BCUT2D eigenvalue weighted by Crippen LogP contribution is 2.20. The molecule has 0 aliphatic carbocycles. The summed E-state index contributed by atoms with van der Waals surface area (Å²) in [7, 11) is 0. The van der Waals surface area contributed by atoms with Crippen molar-refractivity contribution in [3.05, 3.63) is 70.1 Å². The van der Waals surface area contributed by atoms with Gasteiger partial charge in [-0.3, -0.25) is 9.59 Å². The Morgan fingerprint density at radius 1 is 1.00 bits per heavy atom. The fourth-order valence-corrected chi connectivity index (χ4v) is 4.33. The molecule has 1 amide bonds. The van der Waals surface area contributed by atoms with Crippen molar-refractivity contribution in [3.8, 4) is 6.07 Å². The molecule has 2 heterocycles. The monoisotopic (exact) mass is 443 g/mol. The van der Waals surface area contributed by atoms with Crippen molar-refractivity contribution in [2.45, 2.75) is 39.2 Å². The van der Waals surface area contributed by atoms with Crippen LogP contribution in [-0.2, 0) is 6.54 Å². The minimum atomic E-state index is -0.138. The van der Waals surface area contributed by atoms with Gasteiger partial charge in [-0.1, -0.05) is 38.0 Å². The van der Waals surface area contributed by atoms with Crippen molar-refractivity contribution < 1.29 is 4.79 Å². The summed E-state index contributed by atoms with van der Waals surface area (Å²) in [5, 5.41) is 14.7. The molecule has 0 saturated carbocycles. The lowest BCUT2D eigenvalue weighted by atomic mass is 10.1. The second-order valence-corrected chi connectivity index (χ2v) is 8.42. The van der Waals surface area contributed by atoms with Crippen LogP contribution in [0.5, 0.6) is 0 Å². The van der Waals surface area contributed by atoms with Gasteiger partial charge in [-0.2, -0.15) is 10.4 Å². The molecule has 1 fully saturated rings. The standard InChI is InChI=1S/C26H29N5O2/c1-2-3-6-16-31-25(32)23-9-5-4-8-22(23)24(28-31)26(33)30-15-7-14-29(17-18-30)21-12-10-20(19-27)11-13-21/h4-5,8-13H,2-3,6-7,14-18H2,1H3. The SMILES string of the molecule is CCCCCn1nc(C(=O)N2CCCN(c3ccc(C#N)cc3)CC2)c2ccccc2c1=O. The molecule has 1 aliphatic heterocycles. The van der Waals surface area contributed by atoms with E-state index in [-0.39, 0.29) is 11.5 Å². The Labute approximate surface area is 193 Å². The van der Waals surface area contributed by atoms with Gasteiger partial charge in [0.05, 0.1) is 17.0 Å². The van der Waals surface area contributed by atoms with Crippen LogP contribution in [0, 0.1) is 11.3 Å². The molecular formula is C26H29N5O2. The molecule has 0 unspecified atom stereocenters. The van der Waals surface area contributed by atoms with E-state index in [0.717, 1.165) is 37.9 Å². The second-order valence-electron chi connectivity index (χ2n) is 8.42. The van der Waals surface area contributed by atoms with E-state index in [1.807, 2.05) is 47.4 Å². The highest BCUT2D eigenvalue weighted by molar-refractivity contribution is 6.04. The Morgan fingerprint density at radius 2 is 1.76 bits per heavy atom. The lowest BCUT2D eigenvalue weighted by Crippen LogP contribution is -2.37. The van der Waals surface area contributed by atoms with Gasteiger partial charge in [0.1, 0.15) is 0 Å². The maximum atomic E-state index is 13.6. The van der Waals surface area contributed by atoms with Gasteiger partial charge in [0, 0.05) is 43.8 Å². The normalized spacial score (nSPS) is 14.2. The van der Waals surface area contributed by atoms with E-state index in [1.54, 1.807) is 6.07 Å². The number of carbonyl (C=O) groups is 1. The van der Waals surface area contributed by atoms with Gasteiger partial charge in [0.25, 0.3) is 11.5 Å². The fraction of sp³-hybridized carbons (Fsp3) is 0.385. The first-order valence-corrected chi connectivity index (χ1v) is 11.7. The van der Waals surface area contributed by atoms with Crippen molar-refractivity contribution in [2.24, 2.45) is 0 Å². The van der Waals surface area contributed by atoms with Gasteiger partial charge in [-0.05, 0) is 43.2 Å². The molecule has 1 aromatic heterocycles. The van der Waals surface area contributed by atoms with E-state index < -0.39 is 0 Å². The summed E-state index contributed by atoms with van der Waals surface area (Å²) in [5.74, 6) is -0.128. The first-order valence-electron chi connectivity index (χ1n) is 11.7. The molecule has 0 N–H and O–H groups in total. The third-order valence-electron chi connectivity index (χ3n) is 6.19. The van der Waals surface area contributed by atoms with Crippen molar-refractivity contribution in [3.63, 3.8) is 0 Å². The number of carbonyl (C=O) groups excluding carboxylic acids is 1. The Hall–Kier alpha value is -3.66. The average Bonchev–Trinajstić information content (AvgIpc) is 3.12. The zero-order valence-corrected chi connectivity index (χ0v) is 19.0. The van der Waals surface area contributed by atoms with Crippen LogP contribution in [0.15, 0.2) is 53.3 Å². The highest BCUT2D eigenvalue weighted by Gasteiger charge is 2.24. The third-order valence-corrected chi connectivity index (χ3v) is 6.19. The summed E-state index contributed by atoms with van der Waals surface area (Å²) < 4.78 is 1.46. The maximum Gasteiger partial charge on any atom is 0.275 e. The Kier molecular flexibility index (Phi) is 7.04. The van der Waals surface area contributed by atoms with E-state index in [9.17, 15) is 9.59 Å². The zero-order chi connectivity index (χ0) is 23.2. The van der Waals surface area contributed by atoms with Crippen LogP contribution in [0.2, 0.25) is 0 Å². The molecule has 0 atom stereocenters. The number of amides is 1. The molecule has 2 aromatic carbocycles. The van der Waals surface area contributed by atoms with E-state index in [1.165, 1.54) is 4.68 Å². The summed E-state index contributed by atoms with van der Waals surface area (Å²) in [6.07, 6.45) is 3.76.